The average Bonchev–Trinajstić information content (AvgIpc) is 2.91. The van der Waals surface area contributed by atoms with Gasteiger partial charge in [-0.1, -0.05) is 20.8 Å². The van der Waals surface area contributed by atoms with Gasteiger partial charge in [0.2, 0.25) is 0 Å². The summed E-state index contributed by atoms with van der Waals surface area (Å²) in [5.74, 6) is 0.874. The lowest BCUT2D eigenvalue weighted by atomic mass is 9.82. The highest BCUT2D eigenvalue weighted by molar-refractivity contribution is 4.91. The number of nitrogens with one attached hydrogen (secondary N) is 1. The average molecular weight is 268 g/mol. The van der Waals surface area contributed by atoms with Crippen molar-refractivity contribution in [3.8, 4) is 0 Å². The highest BCUT2D eigenvalue weighted by Crippen LogP contribution is 2.28. The zero-order valence-electron chi connectivity index (χ0n) is 13.0. The Morgan fingerprint density at radius 2 is 2.05 bits per heavy atom. The van der Waals surface area contributed by atoms with Gasteiger partial charge in [0.25, 0.3) is 0 Å². The van der Waals surface area contributed by atoms with E-state index in [1.54, 1.807) is 0 Å². The lowest BCUT2D eigenvalue weighted by molar-refractivity contribution is 0.0351. The van der Waals surface area contributed by atoms with Gasteiger partial charge in [-0.2, -0.15) is 0 Å². The van der Waals surface area contributed by atoms with Crippen molar-refractivity contribution in [2.24, 2.45) is 5.92 Å². The molecule has 1 saturated heterocycles. The largest absolute Gasteiger partial charge is 0.377 e. The topological polar surface area (TPSA) is 24.5 Å². The minimum atomic E-state index is 0.486. The Balaban J connectivity index is 1.95. The standard InChI is InChI=1S/C16H32N2O/c1-4-17-15-9-8-13(3)11-16(15)18(5-2)12-14-7-6-10-19-14/h13-17H,4-12H2,1-3H3. The summed E-state index contributed by atoms with van der Waals surface area (Å²) in [6.45, 7) is 11.3. The lowest BCUT2D eigenvalue weighted by Gasteiger charge is -2.43. The van der Waals surface area contributed by atoms with Crippen LogP contribution in [0.15, 0.2) is 0 Å². The molecule has 0 bridgehead atoms. The zero-order chi connectivity index (χ0) is 13.7. The molecule has 4 unspecified atom stereocenters. The van der Waals surface area contributed by atoms with Gasteiger partial charge in [-0.3, -0.25) is 4.90 Å². The molecule has 1 saturated carbocycles. The molecule has 19 heavy (non-hydrogen) atoms. The van der Waals surface area contributed by atoms with Crippen LogP contribution in [0, 0.1) is 5.92 Å². The summed E-state index contributed by atoms with van der Waals surface area (Å²) in [6, 6.07) is 1.39. The summed E-state index contributed by atoms with van der Waals surface area (Å²) in [6.07, 6.45) is 7.05. The maximum absolute atomic E-state index is 5.84. The van der Waals surface area contributed by atoms with Crippen molar-refractivity contribution >= 4 is 0 Å². The van der Waals surface area contributed by atoms with Crippen molar-refractivity contribution in [3.05, 3.63) is 0 Å². The highest BCUT2D eigenvalue weighted by atomic mass is 16.5. The Labute approximate surface area is 119 Å². The lowest BCUT2D eigenvalue weighted by Crippen LogP contribution is -2.54. The van der Waals surface area contributed by atoms with Crippen molar-refractivity contribution in [2.45, 2.75) is 71.1 Å². The molecule has 2 rings (SSSR count). The van der Waals surface area contributed by atoms with E-state index in [0.717, 1.165) is 32.2 Å². The van der Waals surface area contributed by atoms with Crippen LogP contribution in [0.25, 0.3) is 0 Å². The Morgan fingerprint density at radius 1 is 1.21 bits per heavy atom. The molecular formula is C16H32N2O. The molecule has 3 heteroatoms. The molecule has 0 aromatic heterocycles. The molecule has 2 aliphatic rings. The summed E-state index contributed by atoms with van der Waals surface area (Å²) in [5, 5.41) is 3.71. The summed E-state index contributed by atoms with van der Waals surface area (Å²) in [4.78, 5) is 2.68. The Bertz CT molecular complexity index is 253. The number of hydrogen-bond acceptors (Lipinski definition) is 3. The van der Waals surface area contributed by atoms with Gasteiger partial charge >= 0.3 is 0 Å². The van der Waals surface area contributed by atoms with Gasteiger partial charge < -0.3 is 10.1 Å². The molecule has 1 heterocycles. The van der Waals surface area contributed by atoms with Crippen molar-refractivity contribution in [2.75, 3.05) is 26.2 Å². The van der Waals surface area contributed by atoms with Gasteiger partial charge in [0.1, 0.15) is 0 Å². The molecule has 0 amide bonds. The fourth-order valence-electron chi connectivity index (χ4n) is 3.80. The van der Waals surface area contributed by atoms with Crippen LogP contribution in [-0.2, 0) is 4.74 Å². The van der Waals surface area contributed by atoms with Crippen LogP contribution in [-0.4, -0.2) is 49.3 Å². The number of rotatable bonds is 6. The van der Waals surface area contributed by atoms with E-state index in [9.17, 15) is 0 Å². The predicted octanol–water partition coefficient (Wildman–Crippen LogP) is 2.65. The minimum Gasteiger partial charge on any atom is -0.377 e. The first-order chi connectivity index (χ1) is 9.24. The second-order valence-corrected chi connectivity index (χ2v) is 6.37. The monoisotopic (exact) mass is 268 g/mol. The molecule has 0 spiro atoms. The molecule has 1 N–H and O–H groups in total. The van der Waals surface area contributed by atoms with Gasteiger partial charge in [0.15, 0.2) is 0 Å². The minimum absolute atomic E-state index is 0.486. The van der Waals surface area contributed by atoms with Gasteiger partial charge in [-0.05, 0) is 51.1 Å². The van der Waals surface area contributed by atoms with Crippen molar-refractivity contribution in [1.29, 1.82) is 0 Å². The maximum atomic E-state index is 5.84. The third kappa shape index (κ3) is 4.17. The van der Waals surface area contributed by atoms with Crippen molar-refractivity contribution in [1.82, 2.24) is 10.2 Å². The van der Waals surface area contributed by atoms with E-state index in [1.807, 2.05) is 0 Å². The fraction of sp³-hybridized carbons (Fsp3) is 1.00. The highest BCUT2D eigenvalue weighted by Gasteiger charge is 2.33. The van der Waals surface area contributed by atoms with E-state index < -0.39 is 0 Å². The van der Waals surface area contributed by atoms with E-state index in [2.05, 4.69) is 31.0 Å². The normalized spacial score (nSPS) is 36.0. The Hall–Kier alpha value is -0.120. The number of nitrogens with zero attached hydrogens (tertiary/aromatic N) is 1. The smallest absolute Gasteiger partial charge is 0.0702 e. The van der Waals surface area contributed by atoms with Crippen LogP contribution in [0.5, 0.6) is 0 Å². The molecule has 2 fully saturated rings. The summed E-state index contributed by atoms with van der Waals surface area (Å²) >= 11 is 0. The molecule has 0 aromatic carbocycles. The first-order valence-electron chi connectivity index (χ1n) is 8.33. The molecule has 3 nitrogen and oxygen atoms in total. The van der Waals surface area contributed by atoms with E-state index in [0.29, 0.717) is 18.2 Å². The molecule has 0 radical (unpaired) electrons. The SMILES string of the molecule is CCNC1CCC(C)CC1N(CC)CC1CCCO1. The van der Waals surface area contributed by atoms with E-state index in [1.165, 1.54) is 32.1 Å². The summed E-state index contributed by atoms with van der Waals surface area (Å²) < 4.78 is 5.84. The number of hydrogen-bond donors (Lipinski definition) is 1. The quantitative estimate of drug-likeness (QED) is 0.801. The van der Waals surface area contributed by atoms with Crippen molar-refractivity contribution in [3.63, 3.8) is 0 Å². The van der Waals surface area contributed by atoms with E-state index in [-0.39, 0.29) is 0 Å². The molecular weight excluding hydrogens is 236 g/mol. The van der Waals surface area contributed by atoms with Crippen molar-refractivity contribution < 1.29 is 4.74 Å². The van der Waals surface area contributed by atoms with Crippen LogP contribution < -0.4 is 5.32 Å². The molecule has 0 aromatic rings. The van der Waals surface area contributed by atoms with Gasteiger partial charge in [0.05, 0.1) is 6.10 Å². The first kappa shape index (κ1) is 15.3. The van der Waals surface area contributed by atoms with Gasteiger partial charge in [-0.15, -0.1) is 0 Å². The second-order valence-electron chi connectivity index (χ2n) is 6.37. The summed E-state index contributed by atoms with van der Waals surface area (Å²) in [7, 11) is 0. The van der Waals surface area contributed by atoms with Crippen LogP contribution in [0.3, 0.4) is 0 Å². The van der Waals surface area contributed by atoms with E-state index in [4.69, 9.17) is 4.74 Å². The molecule has 1 aliphatic heterocycles. The first-order valence-corrected chi connectivity index (χ1v) is 8.33. The molecule has 112 valence electrons. The Kier molecular flexibility index (Phi) is 6.11. The molecule has 1 aliphatic carbocycles. The van der Waals surface area contributed by atoms with Gasteiger partial charge in [-0.25, -0.2) is 0 Å². The van der Waals surface area contributed by atoms with Crippen LogP contribution in [0.2, 0.25) is 0 Å². The summed E-state index contributed by atoms with van der Waals surface area (Å²) in [5.41, 5.74) is 0. The third-order valence-corrected chi connectivity index (χ3v) is 4.88. The number of ether oxygens (including phenoxy) is 1. The Morgan fingerprint density at radius 3 is 2.68 bits per heavy atom. The van der Waals surface area contributed by atoms with Crippen LogP contribution in [0.4, 0.5) is 0 Å². The third-order valence-electron chi connectivity index (χ3n) is 4.88. The predicted molar refractivity (Wildman–Crippen MR) is 80.5 cm³/mol. The fourth-order valence-corrected chi connectivity index (χ4v) is 3.80. The molecule has 4 atom stereocenters. The van der Waals surface area contributed by atoms with E-state index >= 15 is 0 Å². The zero-order valence-corrected chi connectivity index (χ0v) is 13.0. The number of likely N-dealkylation sites (N-methyl/N-ethyl adjacent to an activating group) is 2. The van der Waals surface area contributed by atoms with Crippen LogP contribution in [0.1, 0.15) is 52.9 Å². The maximum Gasteiger partial charge on any atom is 0.0702 e. The van der Waals surface area contributed by atoms with Gasteiger partial charge in [0, 0.05) is 25.2 Å². The van der Waals surface area contributed by atoms with Crippen LogP contribution >= 0.6 is 0 Å². The second kappa shape index (κ2) is 7.61.